The Morgan fingerprint density at radius 3 is 2.62 bits per heavy atom. The van der Waals surface area contributed by atoms with Crippen molar-refractivity contribution in [3.8, 4) is 5.69 Å². The van der Waals surface area contributed by atoms with E-state index in [1.807, 2.05) is 26.0 Å². The van der Waals surface area contributed by atoms with Crippen molar-refractivity contribution in [3.05, 3.63) is 46.7 Å². The second-order valence-corrected chi connectivity index (χ2v) is 6.14. The summed E-state index contributed by atoms with van der Waals surface area (Å²) >= 11 is 6.04. The predicted octanol–water partition coefficient (Wildman–Crippen LogP) is 3.20. The molecule has 1 aromatic heterocycles. The molecule has 0 spiro atoms. The van der Waals surface area contributed by atoms with Crippen LogP contribution in [-0.2, 0) is 4.79 Å². The molecule has 128 valence electrons. The largest absolute Gasteiger partial charge is 0.480 e. The normalized spacial score (nSPS) is 10.9. The number of halogens is 1. The lowest BCUT2D eigenvalue weighted by Crippen LogP contribution is -2.35. The molecule has 0 aliphatic carbocycles. The molecule has 0 unspecified atom stereocenters. The van der Waals surface area contributed by atoms with Crippen molar-refractivity contribution in [2.45, 2.75) is 26.7 Å². The number of carboxylic acid groups (broad SMARTS) is 1. The molecule has 2 aromatic rings. The van der Waals surface area contributed by atoms with E-state index >= 15 is 0 Å². The van der Waals surface area contributed by atoms with Gasteiger partial charge in [0, 0.05) is 11.6 Å². The van der Waals surface area contributed by atoms with Crippen molar-refractivity contribution in [1.82, 2.24) is 14.7 Å². The van der Waals surface area contributed by atoms with Gasteiger partial charge >= 0.3 is 5.97 Å². The first-order chi connectivity index (χ1) is 11.3. The average molecular weight is 350 g/mol. The second kappa shape index (κ2) is 7.49. The summed E-state index contributed by atoms with van der Waals surface area (Å²) in [4.78, 5) is 25.0. The molecule has 7 heteroatoms. The fraction of sp³-hybridized carbons (Fsp3) is 0.353. The summed E-state index contributed by atoms with van der Waals surface area (Å²) in [7, 11) is 0. The molecule has 0 atom stereocenters. The molecular formula is C17H20ClN3O3. The number of likely N-dealkylation sites (N-methyl/N-ethyl adjacent to an activating group) is 1. The van der Waals surface area contributed by atoms with Crippen LogP contribution in [0.2, 0.25) is 5.02 Å². The van der Waals surface area contributed by atoms with Crippen LogP contribution in [0.15, 0.2) is 30.5 Å². The van der Waals surface area contributed by atoms with E-state index in [-0.39, 0.29) is 18.4 Å². The molecular weight excluding hydrogens is 330 g/mol. The van der Waals surface area contributed by atoms with Gasteiger partial charge in [-0.05, 0) is 31.0 Å². The zero-order chi connectivity index (χ0) is 17.9. The summed E-state index contributed by atoms with van der Waals surface area (Å²) in [5.41, 5.74) is 1.89. The van der Waals surface area contributed by atoms with E-state index in [9.17, 15) is 9.59 Å². The number of aromatic nitrogens is 2. The van der Waals surface area contributed by atoms with Crippen LogP contribution >= 0.6 is 11.6 Å². The third-order valence-electron chi connectivity index (χ3n) is 3.63. The molecule has 0 aliphatic rings. The lowest BCUT2D eigenvalue weighted by molar-refractivity contribution is -0.137. The van der Waals surface area contributed by atoms with Crippen LogP contribution in [0.1, 0.15) is 42.7 Å². The molecule has 0 bridgehead atoms. The maximum Gasteiger partial charge on any atom is 0.323 e. The molecule has 24 heavy (non-hydrogen) atoms. The standard InChI is InChI=1S/C17H20ClN3O3/c1-4-20(10-15(22)23)17(24)14-9-19-21(16(14)11(2)3)13-7-5-6-12(18)8-13/h5-9,11H,4,10H2,1-3H3,(H,22,23). The lowest BCUT2D eigenvalue weighted by Gasteiger charge is -2.20. The highest BCUT2D eigenvalue weighted by Gasteiger charge is 2.25. The monoisotopic (exact) mass is 349 g/mol. The number of benzene rings is 1. The Balaban J connectivity index is 2.49. The Bertz CT molecular complexity index is 755. The topological polar surface area (TPSA) is 75.4 Å². The molecule has 0 radical (unpaired) electrons. The second-order valence-electron chi connectivity index (χ2n) is 5.70. The number of nitrogens with zero attached hydrogens (tertiary/aromatic N) is 3. The van der Waals surface area contributed by atoms with Gasteiger partial charge in [-0.2, -0.15) is 5.10 Å². The summed E-state index contributed by atoms with van der Waals surface area (Å²) in [6.07, 6.45) is 1.49. The number of carbonyl (C=O) groups excluding carboxylic acids is 1. The van der Waals surface area contributed by atoms with E-state index in [0.29, 0.717) is 17.1 Å². The minimum Gasteiger partial charge on any atom is -0.480 e. The summed E-state index contributed by atoms with van der Waals surface area (Å²) in [6.45, 7) is 5.64. The Morgan fingerprint density at radius 2 is 2.08 bits per heavy atom. The number of hydrogen-bond acceptors (Lipinski definition) is 3. The third-order valence-corrected chi connectivity index (χ3v) is 3.87. The van der Waals surface area contributed by atoms with Gasteiger partial charge in [-0.1, -0.05) is 31.5 Å². The number of carboxylic acids is 1. The van der Waals surface area contributed by atoms with Crippen molar-refractivity contribution >= 4 is 23.5 Å². The number of hydrogen-bond donors (Lipinski definition) is 1. The van der Waals surface area contributed by atoms with E-state index in [4.69, 9.17) is 16.7 Å². The average Bonchev–Trinajstić information content (AvgIpc) is 2.96. The number of aliphatic carboxylic acids is 1. The molecule has 0 aliphatic heterocycles. The predicted molar refractivity (Wildman–Crippen MR) is 91.9 cm³/mol. The summed E-state index contributed by atoms with van der Waals surface area (Å²) in [6, 6.07) is 7.20. The molecule has 0 fully saturated rings. The van der Waals surface area contributed by atoms with Crippen molar-refractivity contribution in [3.63, 3.8) is 0 Å². The maximum absolute atomic E-state index is 12.7. The van der Waals surface area contributed by atoms with Crippen LogP contribution in [0.5, 0.6) is 0 Å². The molecule has 1 aromatic carbocycles. The third kappa shape index (κ3) is 3.76. The quantitative estimate of drug-likeness (QED) is 0.869. The minimum absolute atomic E-state index is 0.0222. The first-order valence-electron chi connectivity index (χ1n) is 7.70. The van der Waals surface area contributed by atoms with Crippen molar-refractivity contribution in [2.24, 2.45) is 0 Å². The van der Waals surface area contributed by atoms with E-state index in [1.165, 1.54) is 11.1 Å². The highest BCUT2D eigenvalue weighted by Crippen LogP contribution is 2.25. The first-order valence-corrected chi connectivity index (χ1v) is 8.07. The molecule has 0 saturated carbocycles. The highest BCUT2D eigenvalue weighted by atomic mass is 35.5. The number of carbonyl (C=O) groups is 2. The smallest absolute Gasteiger partial charge is 0.323 e. The Kier molecular flexibility index (Phi) is 5.62. The van der Waals surface area contributed by atoms with E-state index in [2.05, 4.69) is 5.10 Å². The fourth-order valence-electron chi connectivity index (χ4n) is 2.55. The van der Waals surface area contributed by atoms with Crippen LogP contribution in [0.4, 0.5) is 0 Å². The number of rotatable bonds is 6. The van der Waals surface area contributed by atoms with Gasteiger partial charge in [0.1, 0.15) is 6.54 Å². The van der Waals surface area contributed by atoms with Crippen LogP contribution in [0, 0.1) is 0 Å². The number of amides is 1. The molecule has 2 rings (SSSR count). The Morgan fingerprint density at radius 1 is 1.38 bits per heavy atom. The molecule has 6 nitrogen and oxygen atoms in total. The summed E-state index contributed by atoms with van der Waals surface area (Å²) in [5, 5.41) is 13.9. The van der Waals surface area contributed by atoms with Crippen LogP contribution < -0.4 is 0 Å². The van der Waals surface area contributed by atoms with E-state index in [0.717, 1.165) is 11.4 Å². The Labute approximate surface area is 145 Å². The minimum atomic E-state index is -1.04. The van der Waals surface area contributed by atoms with Gasteiger partial charge in [0.15, 0.2) is 0 Å². The van der Waals surface area contributed by atoms with Gasteiger partial charge < -0.3 is 10.0 Å². The van der Waals surface area contributed by atoms with Crippen molar-refractivity contribution in [1.29, 1.82) is 0 Å². The van der Waals surface area contributed by atoms with Gasteiger partial charge in [0.2, 0.25) is 0 Å². The van der Waals surface area contributed by atoms with Crippen molar-refractivity contribution < 1.29 is 14.7 Å². The van der Waals surface area contributed by atoms with Crippen LogP contribution in [-0.4, -0.2) is 44.8 Å². The Hall–Kier alpha value is -2.34. The maximum atomic E-state index is 12.7. The summed E-state index contributed by atoms with van der Waals surface area (Å²) < 4.78 is 1.68. The van der Waals surface area contributed by atoms with Gasteiger partial charge in [0.25, 0.3) is 5.91 Å². The SMILES string of the molecule is CCN(CC(=O)O)C(=O)c1cnn(-c2cccc(Cl)c2)c1C(C)C. The van der Waals surface area contributed by atoms with Gasteiger partial charge in [-0.3, -0.25) is 9.59 Å². The zero-order valence-corrected chi connectivity index (χ0v) is 14.6. The van der Waals surface area contributed by atoms with Gasteiger partial charge in [-0.25, -0.2) is 4.68 Å². The highest BCUT2D eigenvalue weighted by molar-refractivity contribution is 6.30. The molecule has 1 amide bonds. The van der Waals surface area contributed by atoms with Crippen LogP contribution in [0.3, 0.4) is 0 Å². The van der Waals surface area contributed by atoms with Gasteiger partial charge in [-0.15, -0.1) is 0 Å². The lowest BCUT2D eigenvalue weighted by atomic mass is 10.0. The fourth-order valence-corrected chi connectivity index (χ4v) is 2.74. The van der Waals surface area contributed by atoms with E-state index in [1.54, 1.807) is 23.7 Å². The first kappa shape index (κ1) is 18.0. The van der Waals surface area contributed by atoms with Gasteiger partial charge in [0.05, 0.1) is 23.1 Å². The molecule has 1 heterocycles. The zero-order valence-electron chi connectivity index (χ0n) is 13.9. The van der Waals surface area contributed by atoms with E-state index < -0.39 is 5.97 Å². The van der Waals surface area contributed by atoms with Crippen molar-refractivity contribution in [2.75, 3.05) is 13.1 Å². The molecule has 1 N–H and O–H groups in total. The summed E-state index contributed by atoms with van der Waals surface area (Å²) in [5.74, 6) is -1.36. The van der Waals surface area contributed by atoms with Crippen LogP contribution in [0.25, 0.3) is 5.69 Å². The molecule has 0 saturated heterocycles.